The fourth-order valence-corrected chi connectivity index (χ4v) is 4.10. The normalized spacial score (nSPS) is 10.6. The number of ether oxygens (including phenoxy) is 2. The van der Waals surface area contributed by atoms with Crippen LogP contribution in [0.4, 0.5) is 5.13 Å². The van der Waals surface area contributed by atoms with Crippen molar-refractivity contribution in [2.45, 2.75) is 6.42 Å². The van der Waals surface area contributed by atoms with Crippen LogP contribution in [0.5, 0.6) is 11.5 Å². The van der Waals surface area contributed by atoms with E-state index < -0.39 is 0 Å². The fraction of sp³-hybridized carbons (Fsp3) is 0.160. The highest BCUT2D eigenvalue weighted by atomic mass is 32.1. The summed E-state index contributed by atoms with van der Waals surface area (Å²) in [5.74, 6) is 0.812. The Kier molecular flexibility index (Phi) is 6.85. The Balaban J connectivity index is 1.30. The lowest BCUT2D eigenvalue weighted by atomic mass is 10.1. The van der Waals surface area contributed by atoms with Gasteiger partial charge in [0.2, 0.25) is 5.91 Å². The lowest BCUT2D eigenvalue weighted by Gasteiger charge is -2.08. The van der Waals surface area contributed by atoms with Crippen LogP contribution in [-0.2, 0) is 4.79 Å². The number of methoxy groups -OCH3 is 2. The molecule has 1 heterocycles. The average Bonchev–Trinajstić information content (AvgIpc) is 3.31. The summed E-state index contributed by atoms with van der Waals surface area (Å²) in [7, 11) is 3.16. The maximum Gasteiger partial charge on any atom is 0.251 e. The highest BCUT2D eigenvalue weighted by Crippen LogP contribution is 2.33. The molecule has 0 aliphatic heterocycles. The molecule has 7 nitrogen and oxygen atoms in total. The summed E-state index contributed by atoms with van der Waals surface area (Å²) in [5, 5.41) is 10.00. The molecule has 0 atom stereocenters. The molecule has 1 aromatic heterocycles. The Morgan fingerprint density at radius 2 is 1.73 bits per heavy atom. The van der Waals surface area contributed by atoms with Crippen LogP contribution in [0.3, 0.4) is 0 Å². The predicted octanol–water partition coefficient (Wildman–Crippen LogP) is 4.74. The second-order valence-electron chi connectivity index (χ2n) is 7.22. The number of thiazole rings is 1. The van der Waals surface area contributed by atoms with Crippen LogP contribution in [-0.4, -0.2) is 37.6 Å². The van der Waals surface area contributed by atoms with E-state index in [0.29, 0.717) is 22.2 Å². The molecule has 4 aromatic rings. The second kappa shape index (κ2) is 10.1. The van der Waals surface area contributed by atoms with Gasteiger partial charge < -0.3 is 20.1 Å². The number of nitrogens with zero attached hydrogens (tertiary/aromatic N) is 1. The number of hydrogen-bond donors (Lipinski definition) is 2. The molecule has 0 unspecified atom stereocenters. The molecule has 0 radical (unpaired) electrons. The first-order valence-corrected chi connectivity index (χ1v) is 11.2. The minimum atomic E-state index is -0.220. The van der Waals surface area contributed by atoms with Crippen molar-refractivity contribution in [3.05, 3.63) is 71.6 Å². The SMILES string of the molecule is COc1ccc(-c2csc(NC(=O)CCNC(=O)c3ccc4ccccc4c3)n2)cc1OC. The lowest BCUT2D eigenvalue weighted by Crippen LogP contribution is -2.27. The minimum absolute atomic E-state index is 0.143. The van der Waals surface area contributed by atoms with Crippen molar-refractivity contribution in [1.82, 2.24) is 10.3 Å². The summed E-state index contributed by atoms with van der Waals surface area (Å²) in [4.78, 5) is 29.2. The third-order valence-electron chi connectivity index (χ3n) is 5.08. The van der Waals surface area contributed by atoms with Crippen LogP contribution in [0.1, 0.15) is 16.8 Å². The summed E-state index contributed by atoms with van der Waals surface area (Å²) in [6, 6.07) is 18.9. The van der Waals surface area contributed by atoms with E-state index in [2.05, 4.69) is 15.6 Å². The molecule has 33 heavy (non-hydrogen) atoms. The zero-order valence-electron chi connectivity index (χ0n) is 18.3. The number of rotatable bonds is 8. The van der Waals surface area contributed by atoms with Crippen molar-refractivity contribution in [2.75, 3.05) is 26.1 Å². The van der Waals surface area contributed by atoms with Crippen molar-refractivity contribution in [2.24, 2.45) is 0 Å². The Bertz CT molecular complexity index is 1300. The number of hydrogen-bond acceptors (Lipinski definition) is 6. The number of carbonyl (C=O) groups is 2. The molecule has 168 valence electrons. The highest BCUT2D eigenvalue weighted by Gasteiger charge is 2.12. The molecule has 0 aliphatic rings. The van der Waals surface area contributed by atoms with Crippen LogP contribution in [0.2, 0.25) is 0 Å². The largest absolute Gasteiger partial charge is 0.493 e. The molecule has 3 aromatic carbocycles. The van der Waals surface area contributed by atoms with Crippen LogP contribution >= 0.6 is 11.3 Å². The van der Waals surface area contributed by atoms with Gasteiger partial charge in [0.05, 0.1) is 19.9 Å². The van der Waals surface area contributed by atoms with E-state index in [1.54, 1.807) is 20.3 Å². The van der Waals surface area contributed by atoms with Gasteiger partial charge in [-0.3, -0.25) is 9.59 Å². The van der Waals surface area contributed by atoms with Crippen molar-refractivity contribution in [1.29, 1.82) is 0 Å². The molecular formula is C25H23N3O4S. The quantitative estimate of drug-likeness (QED) is 0.396. The van der Waals surface area contributed by atoms with Gasteiger partial charge in [-0.2, -0.15) is 0 Å². The number of aromatic nitrogens is 1. The standard InChI is InChI=1S/C25H23N3O4S/c1-31-21-10-9-18(14-22(21)32-2)20-15-33-25(27-20)28-23(29)11-12-26-24(30)19-8-7-16-5-3-4-6-17(16)13-19/h3-10,13-15H,11-12H2,1-2H3,(H,26,30)(H,27,28,29). The zero-order chi connectivity index (χ0) is 23.2. The molecule has 2 amide bonds. The summed E-state index contributed by atoms with van der Waals surface area (Å²) in [6.07, 6.45) is 0.143. The third-order valence-corrected chi connectivity index (χ3v) is 5.84. The molecular weight excluding hydrogens is 438 g/mol. The van der Waals surface area contributed by atoms with Crippen LogP contribution < -0.4 is 20.1 Å². The molecule has 0 aliphatic carbocycles. The topological polar surface area (TPSA) is 89.6 Å². The third kappa shape index (κ3) is 5.30. The second-order valence-corrected chi connectivity index (χ2v) is 8.08. The Hall–Kier alpha value is -3.91. The predicted molar refractivity (Wildman–Crippen MR) is 130 cm³/mol. The summed E-state index contributed by atoms with van der Waals surface area (Å²) < 4.78 is 10.6. The molecule has 0 fully saturated rings. The monoisotopic (exact) mass is 461 g/mol. The van der Waals surface area contributed by atoms with Crippen LogP contribution in [0, 0.1) is 0 Å². The van der Waals surface area contributed by atoms with Gasteiger partial charge in [-0.05, 0) is 41.1 Å². The first kappa shape index (κ1) is 22.3. The van der Waals surface area contributed by atoms with E-state index in [1.807, 2.05) is 60.0 Å². The van der Waals surface area contributed by atoms with E-state index in [1.165, 1.54) is 11.3 Å². The molecule has 0 saturated heterocycles. The van der Waals surface area contributed by atoms with Gasteiger partial charge in [0, 0.05) is 29.5 Å². The molecule has 8 heteroatoms. The van der Waals surface area contributed by atoms with Crippen molar-refractivity contribution in [3.8, 4) is 22.8 Å². The Morgan fingerprint density at radius 1 is 0.939 bits per heavy atom. The van der Waals surface area contributed by atoms with Crippen molar-refractivity contribution < 1.29 is 19.1 Å². The highest BCUT2D eigenvalue weighted by molar-refractivity contribution is 7.14. The fourth-order valence-electron chi connectivity index (χ4n) is 3.36. The molecule has 0 saturated carbocycles. The summed E-state index contributed by atoms with van der Waals surface area (Å²) >= 11 is 1.33. The van der Waals surface area contributed by atoms with E-state index >= 15 is 0 Å². The zero-order valence-corrected chi connectivity index (χ0v) is 19.1. The number of nitrogens with one attached hydrogen (secondary N) is 2. The number of carbonyl (C=O) groups excluding carboxylic acids is 2. The van der Waals surface area contributed by atoms with E-state index in [9.17, 15) is 9.59 Å². The smallest absolute Gasteiger partial charge is 0.251 e. The Morgan fingerprint density at radius 3 is 2.52 bits per heavy atom. The number of fused-ring (bicyclic) bond motifs is 1. The van der Waals surface area contributed by atoms with Crippen LogP contribution in [0.15, 0.2) is 66.0 Å². The first-order valence-electron chi connectivity index (χ1n) is 10.3. The minimum Gasteiger partial charge on any atom is -0.493 e. The van der Waals surface area contributed by atoms with Gasteiger partial charge in [-0.25, -0.2) is 4.98 Å². The summed E-state index contributed by atoms with van der Waals surface area (Å²) in [6.45, 7) is 0.228. The maximum atomic E-state index is 12.4. The molecule has 0 bridgehead atoms. The Labute approximate surface area is 195 Å². The van der Waals surface area contributed by atoms with E-state index in [4.69, 9.17) is 9.47 Å². The summed E-state index contributed by atoms with van der Waals surface area (Å²) in [5.41, 5.74) is 2.14. The maximum absolute atomic E-state index is 12.4. The van der Waals surface area contributed by atoms with Gasteiger partial charge in [0.25, 0.3) is 5.91 Å². The first-order chi connectivity index (χ1) is 16.1. The lowest BCUT2D eigenvalue weighted by molar-refractivity contribution is -0.116. The van der Waals surface area contributed by atoms with Gasteiger partial charge in [-0.1, -0.05) is 30.3 Å². The number of benzene rings is 3. The van der Waals surface area contributed by atoms with Gasteiger partial charge in [0.1, 0.15) is 0 Å². The molecule has 4 rings (SSSR count). The van der Waals surface area contributed by atoms with Gasteiger partial charge >= 0.3 is 0 Å². The van der Waals surface area contributed by atoms with E-state index in [-0.39, 0.29) is 24.8 Å². The number of amides is 2. The van der Waals surface area contributed by atoms with Crippen molar-refractivity contribution in [3.63, 3.8) is 0 Å². The van der Waals surface area contributed by atoms with E-state index in [0.717, 1.165) is 22.0 Å². The molecule has 0 spiro atoms. The van der Waals surface area contributed by atoms with Crippen molar-refractivity contribution >= 4 is 39.1 Å². The number of anilines is 1. The van der Waals surface area contributed by atoms with Crippen LogP contribution in [0.25, 0.3) is 22.0 Å². The van der Waals surface area contributed by atoms with Gasteiger partial charge in [0.15, 0.2) is 16.6 Å². The molecule has 2 N–H and O–H groups in total. The average molecular weight is 462 g/mol. The van der Waals surface area contributed by atoms with Gasteiger partial charge in [-0.15, -0.1) is 11.3 Å².